The van der Waals surface area contributed by atoms with Gasteiger partial charge in [-0.15, -0.1) is 0 Å². The van der Waals surface area contributed by atoms with Gasteiger partial charge in [-0.25, -0.2) is 9.78 Å². The predicted molar refractivity (Wildman–Crippen MR) is 82.2 cm³/mol. The number of aromatic nitrogens is 3. The number of rotatable bonds is 3. The second-order valence-corrected chi connectivity index (χ2v) is 5.91. The molecular weight excluding hydrogens is 302 g/mol. The largest absolute Gasteiger partial charge is 0.455 e. The molecule has 0 saturated carbocycles. The van der Waals surface area contributed by atoms with Crippen molar-refractivity contribution < 1.29 is 9.53 Å². The van der Waals surface area contributed by atoms with Crippen molar-refractivity contribution in [3.8, 4) is 0 Å². The molecule has 112 valence electrons. The average Bonchev–Trinajstić information content (AvgIpc) is 2.88. The highest BCUT2D eigenvalue weighted by atomic mass is 32.1. The molecule has 0 aliphatic carbocycles. The van der Waals surface area contributed by atoms with Crippen LogP contribution in [-0.2, 0) is 11.3 Å². The fourth-order valence-corrected chi connectivity index (χ4v) is 2.86. The summed E-state index contributed by atoms with van der Waals surface area (Å²) in [6, 6.07) is 8.58. The molecule has 0 aliphatic rings. The molecule has 2 heterocycles. The number of esters is 1. The zero-order valence-electron chi connectivity index (χ0n) is 12.1. The minimum Gasteiger partial charge on any atom is -0.455 e. The molecule has 0 N–H and O–H groups in total. The molecule has 7 heteroatoms. The summed E-state index contributed by atoms with van der Waals surface area (Å²) in [5, 5.41) is 4.64. The van der Waals surface area contributed by atoms with Crippen LogP contribution in [0.5, 0.6) is 0 Å². The molecular formula is C15H13N3O3S. The van der Waals surface area contributed by atoms with Crippen molar-refractivity contribution >= 4 is 22.3 Å². The molecule has 6 nitrogen and oxygen atoms in total. The van der Waals surface area contributed by atoms with Crippen LogP contribution in [0.3, 0.4) is 0 Å². The fourth-order valence-electron chi connectivity index (χ4n) is 2.00. The van der Waals surface area contributed by atoms with Gasteiger partial charge in [-0.3, -0.25) is 4.79 Å². The standard InChI is InChI=1S/C15H13N3O3S/c1-9-4-3-5-11(6-9)14(20)21-8-12-17-18-13(19)7-10(2)16-15(18)22-12/h3-7H,8H2,1-2H3. The zero-order valence-corrected chi connectivity index (χ0v) is 12.9. The van der Waals surface area contributed by atoms with E-state index in [0.717, 1.165) is 5.56 Å². The highest BCUT2D eigenvalue weighted by Crippen LogP contribution is 2.14. The Balaban J connectivity index is 1.78. The molecule has 22 heavy (non-hydrogen) atoms. The van der Waals surface area contributed by atoms with Gasteiger partial charge in [-0.1, -0.05) is 29.0 Å². The third kappa shape index (κ3) is 2.89. The highest BCUT2D eigenvalue weighted by molar-refractivity contribution is 7.16. The molecule has 0 unspecified atom stereocenters. The number of aryl methyl sites for hydroxylation is 2. The van der Waals surface area contributed by atoms with Gasteiger partial charge >= 0.3 is 5.97 Å². The molecule has 0 fully saturated rings. The van der Waals surface area contributed by atoms with E-state index in [2.05, 4.69) is 10.1 Å². The summed E-state index contributed by atoms with van der Waals surface area (Å²) in [7, 11) is 0. The SMILES string of the molecule is Cc1cccc(C(=O)OCc2nn3c(=O)cc(C)nc3s2)c1. The molecule has 0 amide bonds. The van der Waals surface area contributed by atoms with Crippen molar-refractivity contribution in [2.24, 2.45) is 0 Å². The lowest BCUT2D eigenvalue weighted by atomic mass is 10.1. The second-order valence-electron chi connectivity index (χ2n) is 4.87. The van der Waals surface area contributed by atoms with Crippen LogP contribution in [0.1, 0.15) is 26.6 Å². The van der Waals surface area contributed by atoms with E-state index in [1.54, 1.807) is 25.1 Å². The third-order valence-corrected chi connectivity index (χ3v) is 3.88. The van der Waals surface area contributed by atoms with Crippen LogP contribution in [0.25, 0.3) is 4.96 Å². The van der Waals surface area contributed by atoms with Crippen LogP contribution in [0.2, 0.25) is 0 Å². The van der Waals surface area contributed by atoms with E-state index in [4.69, 9.17) is 4.74 Å². The van der Waals surface area contributed by atoms with Crippen LogP contribution >= 0.6 is 11.3 Å². The van der Waals surface area contributed by atoms with E-state index in [0.29, 0.717) is 21.2 Å². The Kier molecular flexibility index (Phi) is 3.72. The number of benzene rings is 1. The van der Waals surface area contributed by atoms with E-state index >= 15 is 0 Å². The Labute approximate surface area is 130 Å². The molecule has 0 spiro atoms. The maximum Gasteiger partial charge on any atom is 0.338 e. The first kappa shape index (κ1) is 14.4. The Morgan fingerprint density at radius 1 is 1.32 bits per heavy atom. The lowest BCUT2D eigenvalue weighted by molar-refractivity contribution is 0.0471. The minimum absolute atomic E-state index is 0.0132. The van der Waals surface area contributed by atoms with Gasteiger partial charge in [0.25, 0.3) is 5.56 Å². The first-order chi connectivity index (χ1) is 10.5. The normalized spacial score (nSPS) is 10.8. The van der Waals surface area contributed by atoms with Gasteiger partial charge in [0.15, 0.2) is 5.01 Å². The highest BCUT2D eigenvalue weighted by Gasteiger charge is 2.11. The number of hydrogen-bond donors (Lipinski definition) is 0. The van der Waals surface area contributed by atoms with Gasteiger partial charge in [0.05, 0.1) is 5.56 Å². The van der Waals surface area contributed by atoms with E-state index in [-0.39, 0.29) is 12.2 Å². The lowest BCUT2D eigenvalue weighted by Crippen LogP contribution is -2.14. The summed E-state index contributed by atoms with van der Waals surface area (Å²) < 4.78 is 6.45. The molecule has 2 aromatic heterocycles. The van der Waals surface area contributed by atoms with Crippen LogP contribution < -0.4 is 5.56 Å². The van der Waals surface area contributed by atoms with Crippen LogP contribution in [-0.4, -0.2) is 20.6 Å². The zero-order chi connectivity index (χ0) is 15.7. The molecule has 0 aliphatic heterocycles. The third-order valence-electron chi connectivity index (χ3n) is 3.00. The minimum atomic E-state index is -0.417. The topological polar surface area (TPSA) is 73.6 Å². The second kappa shape index (κ2) is 5.69. The predicted octanol–water partition coefficient (Wildman–Crippen LogP) is 2.12. The summed E-state index contributed by atoms with van der Waals surface area (Å²) in [6.45, 7) is 3.67. The van der Waals surface area contributed by atoms with Crippen molar-refractivity contribution in [2.45, 2.75) is 20.5 Å². The summed E-state index contributed by atoms with van der Waals surface area (Å²) in [5.74, 6) is -0.417. The van der Waals surface area contributed by atoms with E-state index in [1.165, 1.54) is 21.9 Å². The van der Waals surface area contributed by atoms with Crippen molar-refractivity contribution in [3.63, 3.8) is 0 Å². The van der Waals surface area contributed by atoms with Gasteiger partial charge in [-0.2, -0.15) is 9.61 Å². The number of nitrogens with zero attached hydrogens (tertiary/aromatic N) is 3. The number of fused-ring (bicyclic) bond motifs is 1. The molecule has 0 bridgehead atoms. The molecule has 3 aromatic rings. The maximum absolute atomic E-state index is 12.0. The number of ether oxygens (including phenoxy) is 1. The van der Waals surface area contributed by atoms with Gasteiger partial charge in [0.1, 0.15) is 6.61 Å². The molecule has 3 rings (SSSR count). The molecule has 0 radical (unpaired) electrons. The summed E-state index contributed by atoms with van der Waals surface area (Å²) in [4.78, 5) is 28.5. The first-order valence-corrected chi connectivity index (χ1v) is 7.45. The number of carbonyl (C=O) groups excluding carboxylic acids is 1. The summed E-state index contributed by atoms with van der Waals surface area (Å²) in [5.41, 5.74) is 1.87. The van der Waals surface area contributed by atoms with Gasteiger partial charge in [-0.05, 0) is 26.0 Å². The average molecular weight is 315 g/mol. The van der Waals surface area contributed by atoms with Crippen LogP contribution in [0.15, 0.2) is 35.1 Å². The quantitative estimate of drug-likeness (QED) is 0.692. The Bertz CT molecular complexity index is 914. The monoisotopic (exact) mass is 315 g/mol. The number of carbonyl (C=O) groups is 1. The van der Waals surface area contributed by atoms with Crippen molar-refractivity contribution in [1.29, 1.82) is 0 Å². The molecule has 0 atom stereocenters. The lowest BCUT2D eigenvalue weighted by Gasteiger charge is -2.02. The maximum atomic E-state index is 12.0. The Morgan fingerprint density at radius 2 is 2.14 bits per heavy atom. The summed E-state index contributed by atoms with van der Waals surface area (Å²) >= 11 is 1.23. The van der Waals surface area contributed by atoms with E-state index in [9.17, 15) is 9.59 Å². The summed E-state index contributed by atoms with van der Waals surface area (Å²) in [6.07, 6.45) is 0. The van der Waals surface area contributed by atoms with Crippen LogP contribution in [0.4, 0.5) is 0 Å². The van der Waals surface area contributed by atoms with Crippen molar-refractivity contribution in [1.82, 2.24) is 14.6 Å². The number of hydrogen-bond acceptors (Lipinski definition) is 6. The molecule has 1 aromatic carbocycles. The fraction of sp³-hybridized carbons (Fsp3) is 0.200. The Hall–Kier alpha value is -2.54. The van der Waals surface area contributed by atoms with E-state index in [1.807, 2.05) is 13.0 Å². The van der Waals surface area contributed by atoms with Crippen LogP contribution in [0, 0.1) is 13.8 Å². The van der Waals surface area contributed by atoms with Crippen molar-refractivity contribution in [3.05, 3.63) is 62.5 Å². The van der Waals surface area contributed by atoms with Gasteiger partial charge < -0.3 is 4.74 Å². The first-order valence-electron chi connectivity index (χ1n) is 6.63. The smallest absolute Gasteiger partial charge is 0.338 e. The van der Waals surface area contributed by atoms with E-state index < -0.39 is 5.97 Å². The van der Waals surface area contributed by atoms with Gasteiger partial charge in [0, 0.05) is 11.8 Å². The molecule has 0 saturated heterocycles. The Morgan fingerprint density at radius 3 is 2.91 bits per heavy atom. The van der Waals surface area contributed by atoms with Crippen molar-refractivity contribution in [2.75, 3.05) is 0 Å². The van der Waals surface area contributed by atoms with Gasteiger partial charge in [0.2, 0.25) is 4.96 Å².